The fraction of sp³-hybridized carbons (Fsp3) is 0.500. The Morgan fingerprint density at radius 1 is 1.33 bits per heavy atom. The Labute approximate surface area is 155 Å². The van der Waals surface area contributed by atoms with Gasteiger partial charge in [0.1, 0.15) is 6.04 Å². The molecule has 0 bridgehead atoms. The first-order valence-electron chi connectivity index (χ1n) is 8.44. The van der Waals surface area contributed by atoms with Crippen molar-refractivity contribution in [2.45, 2.75) is 32.1 Å². The Morgan fingerprint density at radius 2 is 2.00 bits per heavy atom. The number of hydrogen-bond donors (Lipinski definition) is 1. The zero-order valence-corrected chi connectivity index (χ0v) is 15.3. The lowest BCUT2D eigenvalue weighted by molar-refractivity contribution is -0.137. The SMILES string of the molecule is C[C@H](NC(=O)[C@@H]1CC(=O)N(Cc2cccc(C(F)(F)F)c2)C1)C(=O)N(C)C. The van der Waals surface area contributed by atoms with Crippen molar-refractivity contribution in [3.05, 3.63) is 35.4 Å². The van der Waals surface area contributed by atoms with Crippen LogP contribution in [0.2, 0.25) is 0 Å². The molecule has 3 amide bonds. The van der Waals surface area contributed by atoms with Crippen LogP contribution in [-0.4, -0.2) is 54.2 Å². The van der Waals surface area contributed by atoms with E-state index < -0.39 is 29.6 Å². The van der Waals surface area contributed by atoms with Crippen LogP contribution in [0.5, 0.6) is 0 Å². The van der Waals surface area contributed by atoms with Crippen LogP contribution in [0.3, 0.4) is 0 Å². The number of likely N-dealkylation sites (tertiary alicyclic amines) is 1. The summed E-state index contributed by atoms with van der Waals surface area (Å²) in [6, 6.07) is 4.04. The molecule has 0 aliphatic carbocycles. The van der Waals surface area contributed by atoms with Crippen molar-refractivity contribution in [1.29, 1.82) is 0 Å². The van der Waals surface area contributed by atoms with Gasteiger partial charge in [0.25, 0.3) is 0 Å². The van der Waals surface area contributed by atoms with Crippen molar-refractivity contribution < 1.29 is 27.6 Å². The van der Waals surface area contributed by atoms with Gasteiger partial charge in [-0.05, 0) is 24.6 Å². The number of amides is 3. The minimum Gasteiger partial charge on any atom is -0.347 e. The van der Waals surface area contributed by atoms with E-state index in [9.17, 15) is 27.6 Å². The van der Waals surface area contributed by atoms with Crippen molar-refractivity contribution in [3.8, 4) is 0 Å². The zero-order valence-electron chi connectivity index (χ0n) is 15.3. The summed E-state index contributed by atoms with van der Waals surface area (Å²) in [4.78, 5) is 39.0. The Bertz CT molecular complexity index is 734. The molecule has 2 atom stereocenters. The summed E-state index contributed by atoms with van der Waals surface area (Å²) in [5, 5.41) is 2.58. The Morgan fingerprint density at radius 3 is 2.59 bits per heavy atom. The predicted octanol–water partition coefficient (Wildman–Crippen LogP) is 1.65. The molecule has 0 spiro atoms. The molecule has 148 valence electrons. The molecule has 0 aromatic heterocycles. The van der Waals surface area contributed by atoms with Crippen molar-refractivity contribution in [1.82, 2.24) is 15.1 Å². The van der Waals surface area contributed by atoms with Gasteiger partial charge < -0.3 is 15.1 Å². The number of alkyl halides is 3. The number of carbonyl (C=O) groups excluding carboxylic acids is 3. The first-order chi connectivity index (χ1) is 12.5. The molecule has 6 nitrogen and oxygen atoms in total. The number of nitrogens with zero attached hydrogens (tertiary/aromatic N) is 2. The van der Waals surface area contributed by atoms with Crippen molar-refractivity contribution >= 4 is 17.7 Å². The van der Waals surface area contributed by atoms with Crippen LogP contribution in [0.25, 0.3) is 0 Å². The number of hydrogen-bond acceptors (Lipinski definition) is 3. The molecule has 1 fully saturated rings. The Kier molecular flexibility index (Phi) is 6.12. The molecule has 1 heterocycles. The van der Waals surface area contributed by atoms with Crippen LogP contribution < -0.4 is 5.32 Å². The fourth-order valence-corrected chi connectivity index (χ4v) is 2.95. The van der Waals surface area contributed by atoms with Gasteiger partial charge in [-0.15, -0.1) is 0 Å². The van der Waals surface area contributed by atoms with Crippen LogP contribution in [0, 0.1) is 5.92 Å². The third-order valence-corrected chi connectivity index (χ3v) is 4.38. The quantitative estimate of drug-likeness (QED) is 0.838. The summed E-state index contributed by atoms with van der Waals surface area (Å²) in [5.41, 5.74) is -0.438. The monoisotopic (exact) mass is 385 g/mol. The maximum absolute atomic E-state index is 12.8. The third kappa shape index (κ3) is 5.21. The van der Waals surface area contributed by atoms with Gasteiger partial charge in [-0.3, -0.25) is 14.4 Å². The van der Waals surface area contributed by atoms with Crippen LogP contribution in [0.1, 0.15) is 24.5 Å². The molecule has 1 aromatic carbocycles. The number of likely N-dealkylation sites (N-methyl/N-ethyl adjacent to an activating group) is 1. The van der Waals surface area contributed by atoms with Crippen LogP contribution in [0.4, 0.5) is 13.2 Å². The van der Waals surface area contributed by atoms with Gasteiger partial charge in [0.05, 0.1) is 11.5 Å². The molecule has 0 unspecified atom stereocenters. The molecule has 27 heavy (non-hydrogen) atoms. The van der Waals surface area contributed by atoms with Gasteiger partial charge in [-0.25, -0.2) is 0 Å². The van der Waals surface area contributed by atoms with Gasteiger partial charge in [0, 0.05) is 33.6 Å². The Hall–Kier alpha value is -2.58. The summed E-state index contributed by atoms with van der Waals surface area (Å²) in [6.07, 6.45) is -4.49. The van der Waals surface area contributed by atoms with E-state index >= 15 is 0 Å². The van der Waals surface area contributed by atoms with E-state index in [1.54, 1.807) is 21.0 Å². The minimum atomic E-state index is -4.46. The molecule has 0 radical (unpaired) electrons. The second kappa shape index (κ2) is 7.98. The van der Waals surface area contributed by atoms with E-state index in [-0.39, 0.29) is 31.3 Å². The molecule has 1 saturated heterocycles. The van der Waals surface area contributed by atoms with Crippen molar-refractivity contribution in [2.24, 2.45) is 5.92 Å². The largest absolute Gasteiger partial charge is 0.416 e. The highest BCUT2D eigenvalue weighted by atomic mass is 19.4. The highest BCUT2D eigenvalue weighted by molar-refractivity contribution is 5.92. The lowest BCUT2D eigenvalue weighted by atomic mass is 10.1. The van der Waals surface area contributed by atoms with E-state index in [0.717, 1.165) is 12.1 Å². The van der Waals surface area contributed by atoms with Gasteiger partial charge in [-0.1, -0.05) is 12.1 Å². The molecule has 0 saturated carbocycles. The van der Waals surface area contributed by atoms with E-state index in [2.05, 4.69) is 5.32 Å². The normalized spacial score (nSPS) is 18.4. The maximum Gasteiger partial charge on any atom is 0.416 e. The van der Waals surface area contributed by atoms with Crippen LogP contribution in [0.15, 0.2) is 24.3 Å². The third-order valence-electron chi connectivity index (χ3n) is 4.38. The van der Waals surface area contributed by atoms with Crippen molar-refractivity contribution in [2.75, 3.05) is 20.6 Å². The van der Waals surface area contributed by atoms with E-state index in [4.69, 9.17) is 0 Å². The first kappa shape index (κ1) is 20.7. The predicted molar refractivity (Wildman–Crippen MR) is 91.3 cm³/mol. The zero-order chi connectivity index (χ0) is 20.4. The molecule has 1 aliphatic heterocycles. The number of halogens is 3. The number of nitrogens with one attached hydrogen (secondary N) is 1. The van der Waals surface area contributed by atoms with Crippen molar-refractivity contribution in [3.63, 3.8) is 0 Å². The molecular weight excluding hydrogens is 363 g/mol. The first-order valence-corrected chi connectivity index (χ1v) is 8.44. The highest BCUT2D eigenvalue weighted by Gasteiger charge is 2.36. The average Bonchev–Trinajstić information content (AvgIpc) is 2.94. The molecule has 1 N–H and O–H groups in total. The molecule has 2 rings (SSSR count). The molecule has 1 aliphatic rings. The average molecular weight is 385 g/mol. The second-order valence-electron chi connectivity index (χ2n) is 6.84. The highest BCUT2D eigenvalue weighted by Crippen LogP contribution is 2.30. The maximum atomic E-state index is 12.8. The van der Waals surface area contributed by atoms with E-state index in [1.807, 2.05) is 0 Å². The summed E-state index contributed by atoms with van der Waals surface area (Å²) >= 11 is 0. The standard InChI is InChI=1S/C18H22F3N3O3/c1-11(17(27)23(2)3)22-16(26)13-8-15(25)24(10-13)9-12-5-4-6-14(7-12)18(19,20)21/h4-7,11,13H,8-10H2,1-3H3,(H,22,26)/t11-,13+/m0/s1. The minimum absolute atomic E-state index is 0.00127. The molecule has 1 aromatic rings. The van der Waals surface area contributed by atoms with Crippen LogP contribution >= 0.6 is 0 Å². The summed E-state index contributed by atoms with van der Waals surface area (Å²) in [6.45, 7) is 1.65. The molecule has 9 heteroatoms. The summed E-state index contributed by atoms with van der Waals surface area (Å²) in [5.74, 6) is -1.63. The fourth-order valence-electron chi connectivity index (χ4n) is 2.95. The second-order valence-corrected chi connectivity index (χ2v) is 6.84. The number of rotatable bonds is 5. The summed E-state index contributed by atoms with van der Waals surface area (Å²) in [7, 11) is 3.14. The Balaban J connectivity index is 1.99. The van der Waals surface area contributed by atoms with Crippen LogP contribution in [-0.2, 0) is 27.1 Å². The van der Waals surface area contributed by atoms with Gasteiger partial charge >= 0.3 is 6.18 Å². The van der Waals surface area contributed by atoms with Gasteiger partial charge in [0.2, 0.25) is 17.7 Å². The topological polar surface area (TPSA) is 69.7 Å². The van der Waals surface area contributed by atoms with E-state index in [1.165, 1.54) is 21.9 Å². The number of benzene rings is 1. The van der Waals surface area contributed by atoms with Gasteiger partial charge in [0.15, 0.2) is 0 Å². The van der Waals surface area contributed by atoms with Gasteiger partial charge in [-0.2, -0.15) is 13.2 Å². The number of carbonyl (C=O) groups is 3. The lowest BCUT2D eigenvalue weighted by Gasteiger charge is -2.20. The van der Waals surface area contributed by atoms with E-state index in [0.29, 0.717) is 5.56 Å². The summed E-state index contributed by atoms with van der Waals surface area (Å²) < 4.78 is 38.4. The lowest BCUT2D eigenvalue weighted by Crippen LogP contribution is -2.46. The molecular formula is C18H22F3N3O3. The smallest absolute Gasteiger partial charge is 0.347 e.